The number of benzene rings is 1. The van der Waals surface area contributed by atoms with E-state index >= 15 is 0 Å². The summed E-state index contributed by atoms with van der Waals surface area (Å²) in [5.41, 5.74) is -0.332. The first-order chi connectivity index (χ1) is 15.3. The van der Waals surface area contributed by atoms with Crippen LogP contribution in [0.3, 0.4) is 0 Å². The Balaban J connectivity index is 1.70. The molecule has 2 atom stereocenters. The first-order valence-electron chi connectivity index (χ1n) is 10.4. The summed E-state index contributed by atoms with van der Waals surface area (Å²) in [4.78, 5) is 26.2. The molecule has 170 valence electrons. The number of aromatic hydroxyl groups is 1. The Labute approximate surface area is 190 Å². The van der Waals surface area contributed by atoms with Gasteiger partial charge < -0.3 is 20.5 Å². The van der Waals surface area contributed by atoms with Gasteiger partial charge in [0.05, 0.1) is 17.7 Å². The van der Waals surface area contributed by atoms with E-state index in [9.17, 15) is 19.1 Å². The molecule has 2 amide bonds. The number of carbonyl (C=O) groups excluding carboxylic acids is 2. The molecule has 3 N–H and O–H groups in total. The highest BCUT2D eigenvalue weighted by Crippen LogP contribution is 2.28. The van der Waals surface area contributed by atoms with Crippen LogP contribution in [0.2, 0.25) is 0 Å². The fourth-order valence-electron chi connectivity index (χ4n) is 3.42. The van der Waals surface area contributed by atoms with Gasteiger partial charge in [0.1, 0.15) is 23.2 Å². The van der Waals surface area contributed by atoms with Crippen molar-refractivity contribution in [2.24, 2.45) is 0 Å². The summed E-state index contributed by atoms with van der Waals surface area (Å²) in [6.45, 7) is 1.43. The van der Waals surface area contributed by atoms with Gasteiger partial charge >= 0.3 is 0 Å². The molecule has 8 heteroatoms. The number of allylic oxidation sites excluding steroid dienone is 2. The molecule has 2 unspecified atom stereocenters. The van der Waals surface area contributed by atoms with Crippen molar-refractivity contribution in [1.82, 2.24) is 10.6 Å². The summed E-state index contributed by atoms with van der Waals surface area (Å²) in [5.74, 6) is -0.189. The number of ether oxygens (including phenoxy) is 1. The van der Waals surface area contributed by atoms with Crippen molar-refractivity contribution in [3.63, 3.8) is 0 Å². The standard InChI is InChI=1S/C24H27FN2O4S/c1-24(25)13-12-20(31-2)19(15-24)27-22(29)18(26-23(30)21-7-4-14-32-21)6-3-5-16-8-10-17(28)11-9-16/h4,7-12,14-15,18,28H,3,5-6,13H2,1-2H3,(H,26,30)(H,27,29). The zero-order chi connectivity index (χ0) is 23.1. The van der Waals surface area contributed by atoms with E-state index in [0.717, 1.165) is 5.56 Å². The fraction of sp³-hybridized carbons (Fsp3) is 0.333. The number of alkyl halides is 1. The van der Waals surface area contributed by atoms with E-state index in [-0.39, 0.29) is 23.8 Å². The number of rotatable bonds is 9. The summed E-state index contributed by atoms with van der Waals surface area (Å²) in [6, 6.07) is 9.51. The third-order valence-corrected chi connectivity index (χ3v) is 6.01. The molecular formula is C24H27FN2O4S. The van der Waals surface area contributed by atoms with Crippen LogP contribution in [0.15, 0.2) is 65.4 Å². The molecule has 1 aliphatic carbocycles. The smallest absolute Gasteiger partial charge is 0.261 e. The number of hydrogen-bond donors (Lipinski definition) is 3. The van der Waals surface area contributed by atoms with Gasteiger partial charge in [-0.25, -0.2) is 4.39 Å². The molecule has 32 heavy (non-hydrogen) atoms. The second kappa shape index (κ2) is 10.5. The van der Waals surface area contributed by atoms with Crippen molar-refractivity contribution in [1.29, 1.82) is 0 Å². The van der Waals surface area contributed by atoms with Gasteiger partial charge in [-0.3, -0.25) is 9.59 Å². The Morgan fingerprint density at radius 3 is 2.69 bits per heavy atom. The zero-order valence-corrected chi connectivity index (χ0v) is 18.9. The van der Waals surface area contributed by atoms with Crippen LogP contribution in [0, 0.1) is 0 Å². The molecule has 0 aliphatic heterocycles. The highest BCUT2D eigenvalue weighted by molar-refractivity contribution is 7.12. The van der Waals surface area contributed by atoms with Crippen molar-refractivity contribution < 1.29 is 23.8 Å². The highest BCUT2D eigenvalue weighted by atomic mass is 32.1. The van der Waals surface area contributed by atoms with Crippen LogP contribution >= 0.6 is 11.3 Å². The van der Waals surface area contributed by atoms with Gasteiger partial charge in [0.2, 0.25) is 5.91 Å². The van der Waals surface area contributed by atoms with Crippen molar-refractivity contribution in [2.45, 2.75) is 44.3 Å². The molecule has 3 rings (SSSR count). The van der Waals surface area contributed by atoms with Gasteiger partial charge in [0.25, 0.3) is 5.91 Å². The number of phenols is 1. The van der Waals surface area contributed by atoms with Crippen molar-refractivity contribution in [3.8, 4) is 5.75 Å². The molecule has 1 aromatic carbocycles. The van der Waals surface area contributed by atoms with Gasteiger partial charge in [0.15, 0.2) is 0 Å². The van der Waals surface area contributed by atoms with E-state index in [0.29, 0.717) is 29.9 Å². The zero-order valence-electron chi connectivity index (χ0n) is 18.1. The molecule has 0 radical (unpaired) electrons. The molecule has 0 spiro atoms. The van der Waals surface area contributed by atoms with E-state index in [1.807, 2.05) is 12.1 Å². The average Bonchev–Trinajstić information content (AvgIpc) is 3.29. The normalized spacial score (nSPS) is 18.8. The van der Waals surface area contributed by atoms with Crippen LogP contribution in [-0.2, 0) is 16.0 Å². The van der Waals surface area contributed by atoms with E-state index in [4.69, 9.17) is 4.74 Å². The van der Waals surface area contributed by atoms with Crippen molar-refractivity contribution >= 4 is 23.2 Å². The quantitative estimate of drug-likeness (QED) is 0.525. The number of methoxy groups -OCH3 is 1. The molecule has 6 nitrogen and oxygen atoms in total. The molecule has 0 saturated carbocycles. The van der Waals surface area contributed by atoms with E-state index in [1.165, 1.54) is 31.4 Å². The van der Waals surface area contributed by atoms with Crippen LogP contribution in [0.25, 0.3) is 0 Å². The SMILES string of the molecule is COC1=CCC(C)(F)C=C1NC(=O)C(CCCc1ccc(O)cc1)NC(=O)c1cccs1. The maximum Gasteiger partial charge on any atom is 0.261 e. The predicted molar refractivity (Wildman–Crippen MR) is 122 cm³/mol. The summed E-state index contributed by atoms with van der Waals surface area (Å²) < 4.78 is 19.8. The molecule has 1 aliphatic rings. The summed E-state index contributed by atoms with van der Waals surface area (Å²) >= 11 is 1.29. The molecule has 2 aromatic rings. The Kier molecular flexibility index (Phi) is 7.69. The second-order valence-corrected chi connectivity index (χ2v) is 8.81. The van der Waals surface area contributed by atoms with Crippen LogP contribution < -0.4 is 10.6 Å². The number of amides is 2. The maximum atomic E-state index is 14.5. The molecule has 0 fully saturated rings. The summed E-state index contributed by atoms with van der Waals surface area (Å²) in [7, 11) is 1.46. The second-order valence-electron chi connectivity index (χ2n) is 7.86. The number of thiophene rings is 1. The van der Waals surface area contributed by atoms with Crippen LogP contribution in [-0.4, -0.2) is 35.7 Å². The lowest BCUT2D eigenvalue weighted by Gasteiger charge is -2.25. The molecule has 0 saturated heterocycles. The number of halogens is 1. The Bertz CT molecular complexity index is 998. The van der Waals surface area contributed by atoms with Gasteiger partial charge in [-0.1, -0.05) is 18.2 Å². The summed E-state index contributed by atoms with van der Waals surface area (Å²) in [5, 5.41) is 16.7. The minimum absolute atomic E-state index is 0.153. The molecular weight excluding hydrogens is 431 g/mol. The lowest BCUT2D eigenvalue weighted by Crippen LogP contribution is -2.47. The Morgan fingerprint density at radius 2 is 2.03 bits per heavy atom. The van der Waals surface area contributed by atoms with Gasteiger partial charge in [0, 0.05) is 6.42 Å². The monoisotopic (exact) mass is 458 g/mol. The van der Waals surface area contributed by atoms with Gasteiger partial charge in [-0.05, 0) is 67.5 Å². The maximum absolute atomic E-state index is 14.5. The minimum atomic E-state index is -1.60. The lowest BCUT2D eigenvalue weighted by atomic mass is 9.96. The van der Waals surface area contributed by atoms with E-state index in [1.54, 1.807) is 35.7 Å². The van der Waals surface area contributed by atoms with Gasteiger partial charge in [-0.2, -0.15) is 0 Å². The number of nitrogens with one attached hydrogen (secondary N) is 2. The highest BCUT2D eigenvalue weighted by Gasteiger charge is 2.29. The van der Waals surface area contributed by atoms with Crippen LogP contribution in [0.1, 0.15) is 41.4 Å². The first-order valence-corrected chi connectivity index (χ1v) is 11.2. The summed E-state index contributed by atoms with van der Waals surface area (Å²) in [6.07, 6.45) is 4.77. The van der Waals surface area contributed by atoms with Crippen LogP contribution in [0.5, 0.6) is 5.75 Å². The van der Waals surface area contributed by atoms with Crippen molar-refractivity contribution in [2.75, 3.05) is 7.11 Å². The Morgan fingerprint density at radius 1 is 1.28 bits per heavy atom. The number of hydrogen-bond acceptors (Lipinski definition) is 5. The van der Waals surface area contributed by atoms with E-state index in [2.05, 4.69) is 10.6 Å². The van der Waals surface area contributed by atoms with Crippen molar-refractivity contribution in [3.05, 3.63) is 75.8 Å². The third-order valence-electron chi connectivity index (χ3n) is 5.14. The fourth-order valence-corrected chi connectivity index (χ4v) is 4.05. The average molecular weight is 459 g/mol. The number of phenolic OH excluding ortho intramolecular Hbond substituents is 1. The Hall–Kier alpha value is -3.13. The molecule has 1 heterocycles. The topological polar surface area (TPSA) is 87.7 Å². The largest absolute Gasteiger partial charge is 0.508 e. The lowest BCUT2D eigenvalue weighted by molar-refractivity contribution is -0.122. The molecule has 0 bridgehead atoms. The number of aryl methyl sites for hydroxylation is 1. The first kappa shape index (κ1) is 23.5. The molecule has 1 aromatic heterocycles. The third kappa shape index (κ3) is 6.43. The minimum Gasteiger partial charge on any atom is -0.508 e. The number of carbonyl (C=O) groups is 2. The predicted octanol–water partition coefficient (Wildman–Crippen LogP) is 4.24. The van der Waals surface area contributed by atoms with Gasteiger partial charge in [-0.15, -0.1) is 11.3 Å². The van der Waals surface area contributed by atoms with Crippen LogP contribution in [0.4, 0.5) is 4.39 Å². The van der Waals surface area contributed by atoms with E-state index < -0.39 is 17.6 Å².